The van der Waals surface area contributed by atoms with Crippen molar-refractivity contribution in [1.82, 2.24) is 18.9 Å². The number of sulfonamides is 2. The van der Waals surface area contributed by atoms with Crippen LogP contribution < -0.4 is 5.32 Å². The van der Waals surface area contributed by atoms with E-state index in [0.717, 1.165) is 9.87 Å². The zero-order valence-electron chi connectivity index (χ0n) is 21.9. The van der Waals surface area contributed by atoms with Gasteiger partial charge in [0.2, 0.25) is 26.0 Å². The molecule has 1 fully saturated rings. The number of carbonyl (C=O) groups is 1. The second kappa shape index (κ2) is 11.5. The molecule has 2 heterocycles. The van der Waals surface area contributed by atoms with E-state index in [0.29, 0.717) is 10.9 Å². The molecule has 1 aliphatic heterocycles. The third-order valence-corrected chi connectivity index (χ3v) is 10.9. The number of pyridine rings is 1. The first-order chi connectivity index (χ1) is 19.2. The fraction of sp³-hybridized carbons (Fsp3) is 0.241. The molecular weight excluding hydrogens is 548 g/mol. The summed E-state index contributed by atoms with van der Waals surface area (Å²) in [6.07, 6.45) is 1.62. The normalized spacial score (nSPS) is 17.9. The Bertz CT molecular complexity index is 1720. The molecule has 0 spiro atoms. The lowest BCUT2D eigenvalue weighted by Gasteiger charge is -2.39. The van der Waals surface area contributed by atoms with Crippen molar-refractivity contribution in [2.45, 2.75) is 28.7 Å². The highest BCUT2D eigenvalue weighted by Crippen LogP contribution is 2.27. The Kier molecular flexibility index (Phi) is 7.99. The van der Waals surface area contributed by atoms with E-state index in [-0.39, 0.29) is 41.9 Å². The number of benzene rings is 3. The van der Waals surface area contributed by atoms with Gasteiger partial charge in [-0.25, -0.2) is 16.8 Å². The number of amides is 1. The summed E-state index contributed by atoms with van der Waals surface area (Å²) in [7, 11) is -8.09. The summed E-state index contributed by atoms with van der Waals surface area (Å²) in [4.78, 5) is 17.9. The van der Waals surface area contributed by atoms with Gasteiger partial charge in [0, 0.05) is 37.8 Å². The maximum Gasteiger partial charge on any atom is 0.243 e. The molecule has 1 saturated heterocycles. The number of hydrogen-bond acceptors (Lipinski definition) is 6. The van der Waals surface area contributed by atoms with E-state index in [2.05, 4.69) is 10.3 Å². The predicted octanol–water partition coefficient (Wildman–Crippen LogP) is 3.22. The fourth-order valence-corrected chi connectivity index (χ4v) is 7.89. The summed E-state index contributed by atoms with van der Waals surface area (Å²) in [5, 5.41) is 3.51. The van der Waals surface area contributed by atoms with Gasteiger partial charge in [0.05, 0.1) is 15.3 Å². The minimum atomic E-state index is -4.15. The highest BCUT2D eigenvalue weighted by molar-refractivity contribution is 7.89. The van der Waals surface area contributed by atoms with E-state index in [1.165, 1.54) is 28.6 Å². The lowest BCUT2D eigenvalue weighted by Crippen LogP contribution is -2.61. The van der Waals surface area contributed by atoms with Gasteiger partial charge in [-0.2, -0.15) is 8.61 Å². The largest absolute Gasteiger partial charge is 0.354 e. The van der Waals surface area contributed by atoms with Crippen LogP contribution in [-0.4, -0.2) is 68.6 Å². The summed E-state index contributed by atoms with van der Waals surface area (Å²) in [5.41, 5.74) is 1.67. The van der Waals surface area contributed by atoms with Crippen molar-refractivity contribution in [1.29, 1.82) is 0 Å². The van der Waals surface area contributed by atoms with Crippen molar-refractivity contribution in [3.05, 3.63) is 103 Å². The van der Waals surface area contributed by atoms with Crippen molar-refractivity contribution in [3.8, 4) is 0 Å². The molecule has 11 heteroatoms. The van der Waals surface area contributed by atoms with Gasteiger partial charge >= 0.3 is 0 Å². The van der Waals surface area contributed by atoms with Crippen molar-refractivity contribution in [3.63, 3.8) is 0 Å². The molecule has 1 aromatic heterocycles. The third kappa shape index (κ3) is 5.64. The second-order valence-corrected chi connectivity index (χ2v) is 13.6. The van der Waals surface area contributed by atoms with Crippen LogP contribution in [0.5, 0.6) is 0 Å². The van der Waals surface area contributed by atoms with Crippen LogP contribution in [0.3, 0.4) is 0 Å². The molecule has 1 aliphatic rings. The zero-order valence-corrected chi connectivity index (χ0v) is 23.6. The molecule has 2 unspecified atom stereocenters. The second-order valence-electron chi connectivity index (χ2n) is 9.72. The smallest absolute Gasteiger partial charge is 0.243 e. The standard InChI is InChI=1S/C29H30N4O5S2/c1-22(23-9-4-2-5-10-23)20-31-29(34)28-21-32(39(35,36)25-12-6-3-7-13-25)17-18-33(28)40(37,38)26-14-15-27-24(19-26)11-8-16-30-27/h2-16,19,22,28H,17-18,20-21H2,1H3,(H,31,34). The van der Waals surface area contributed by atoms with Crippen LogP contribution in [-0.2, 0) is 24.8 Å². The molecule has 40 heavy (non-hydrogen) atoms. The first-order valence-corrected chi connectivity index (χ1v) is 15.8. The molecule has 1 amide bonds. The van der Waals surface area contributed by atoms with Gasteiger partial charge in [-0.15, -0.1) is 0 Å². The predicted molar refractivity (Wildman–Crippen MR) is 152 cm³/mol. The average molecular weight is 579 g/mol. The van der Waals surface area contributed by atoms with Crippen LogP contribution in [0.25, 0.3) is 10.9 Å². The third-order valence-electron chi connectivity index (χ3n) is 7.11. The van der Waals surface area contributed by atoms with Gasteiger partial charge in [-0.1, -0.05) is 61.5 Å². The minimum absolute atomic E-state index is 0.0165. The molecular formula is C29H30N4O5S2. The van der Waals surface area contributed by atoms with Gasteiger partial charge in [0.1, 0.15) is 6.04 Å². The van der Waals surface area contributed by atoms with Crippen LogP contribution in [0.2, 0.25) is 0 Å². The average Bonchev–Trinajstić information content (AvgIpc) is 3.00. The number of rotatable bonds is 8. The number of piperazine rings is 1. The van der Waals surface area contributed by atoms with Crippen molar-refractivity contribution >= 4 is 36.9 Å². The van der Waals surface area contributed by atoms with E-state index < -0.39 is 32.0 Å². The van der Waals surface area contributed by atoms with E-state index >= 15 is 0 Å². The monoisotopic (exact) mass is 578 g/mol. The molecule has 3 aromatic carbocycles. The Balaban J connectivity index is 1.45. The summed E-state index contributed by atoms with van der Waals surface area (Å²) in [5.74, 6) is -0.585. The maximum absolute atomic E-state index is 13.9. The van der Waals surface area contributed by atoms with Crippen LogP contribution in [0, 0.1) is 0 Å². The molecule has 4 aromatic rings. The molecule has 2 atom stereocenters. The SMILES string of the molecule is CC(CNC(=O)C1CN(S(=O)(=O)c2ccccc2)CCN1S(=O)(=O)c1ccc2ncccc2c1)c1ccccc1. The Morgan fingerprint density at radius 2 is 1.57 bits per heavy atom. The number of fused-ring (bicyclic) bond motifs is 1. The van der Waals surface area contributed by atoms with Gasteiger partial charge < -0.3 is 5.32 Å². The molecule has 0 radical (unpaired) electrons. The van der Waals surface area contributed by atoms with Crippen molar-refractivity contribution in [2.75, 3.05) is 26.2 Å². The highest BCUT2D eigenvalue weighted by Gasteiger charge is 2.43. The number of nitrogens with zero attached hydrogens (tertiary/aromatic N) is 3. The Morgan fingerprint density at radius 1 is 0.875 bits per heavy atom. The number of nitrogens with one attached hydrogen (secondary N) is 1. The lowest BCUT2D eigenvalue weighted by molar-refractivity contribution is -0.125. The summed E-state index contributed by atoms with van der Waals surface area (Å²) in [6, 6.07) is 24.4. The fourth-order valence-electron chi connectivity index (χ4n) is 4.82. The number of carbonyl (C=O) groups excluding carboxylic acids is 1. The van der Waals surface area contributed by atoms with Gasteiger partial charge in [0.15, 0.2) is 0 Å². The molecule has 1 N–H and O–H groups in total. The molecule has 0 aliphatic carbocycles. The van der Waals surface area contributed by atoms with Gasteiger partial charge in [0.25, 0.3) is 0 Å². The Labute approximate surface area is 234 Å². The minimum Gasteiger partial charge on any atom is -0.354 e. The van der Waals surface area contributed by atoms with E-state index in [1.807, 2.05) is 37.3 Å². The summed E-state index contributed by atoms with van der Waals surface area (Å²) >= 11 is 0. The van der Waals surface area contributed by atoms with Gasteiger partial charge in [-0.05, 0) is 47.9 Å². The van der Waals surface area contributed by atoms with Crippen LogP contribution in [0.4, 0.5) is 0 Å². The van der Waals surface area contributed by atoms with E-state index in [9.17, 15) is 21.6 Å². The van der Waals surface area contributed by atoms with Crippen LogP contribution in [0.15, 0.2) is 107 Å². The zero-order chi connectivity index (χ0) is 28.3. The topological polar surface area (TPSA) is 117 Å². The molecule has 0 saturated carbocycles. The Morgan fingerprint density at radius 3 is 2.30 bits per heavy atom. The molecule has 0 bridgehead atoms. The number of aromatic nitrogens is 1. The first kappa shape index (κ1) is 27.9. The summed E-state index contributed by atoms with van der Waals surface area (Å²) in [6.45, 7) is 1.65. The van der Waals surface area contributed by atoms with Crippen LogP contribution >= 0.6 is 0 Å². The quantitative estimate of drug-likeness (QED) is 0.343. The first-order valence-electron chi connectivity index (χ1n) is 12.9. The summed E-state index contributed by atoms with van der Waals surface area (Å²) < 4.78 is 56.9. The van der Waals surface area contributed by atoms with Gasteiger partial charge in [-0.3, -0.25) is 9.78 Å². The molecule has 208 valence electrons. The Hall–Kier alpha value is -3.64. The van der Waals surface area contributed by atoms with Crippen LogP contribution in [0.1, 0.15) is 18.4 Å². The van der Waals surface area contributed by atoms with E-state index in [1.54, 1.807) is 42.6 Å². The van der Waals surface area contributed by atoms with Crippen molar-refractivity contribution in [2.24, 2.45) is 0 Å². The lowest BCUT2D eigenvalue weighted by atomic mass is 10.0. The van der Waals surface area contributed by atoms with Crippen molar-refractivity contribution < 1.29 is 21.6 Å². The molecule has 9 nitrogen and oxygen atoms in total. The van der Waals surface area contributed by atoms with E-state index in [4.69, 9.17) is 0 Å². The highest BCUT2D eigenvalue weighted by atomic mass is 32.2. The molecule has 5 rings (SSSR count). The maximum atomic E-state index is 13.9. The number of hydrogen-bond donors (Lipinski definition) is 1.